The molecule has 0 fully saturated rings. The van der Waals surface area contributed by atoms with E-state index in [1.54, 1.807) is 23.9 Å². The van der Waals surface area contributed by atoms with Crippen LogP contribution < -0.4 is 11.1 Å². The highest BCUT2D eigenvalue weighted by molar-refractivity contribution is 7.98. The van der Waals surface area contributed by atoms with Gasteiger partial charge in [0, 0.05) is 18.1 Å². The van der Waals surface area contributed by atoms with Gasteiger partial charge in [-0.25, -0.2) is 0 Å². The number of hydrogen-bond donors (Lipinski definition) is 2. The van der Waals surface area contributed by atoms with Crippen LogP contribution in [0, 0.1) is 0 Å². The smallest absolute Gasteiger partial charge is 0.235 e. The van der Waals surface area contributed by atoms with Crippen LogP contribution in [0.4, 0.5) is 0 Å². The Hall–Kier alpha value is -1.20. The van der Waals surface area contributed by atoms with Crippen molar-refractivity contribution < 1.29 is 4.79 Å². The summed E-state index contributed by atoms with van der Waals surface area (Å²) in [6.07, 6.45) is 0. The number of primary amides is 1. The molecule has 6 heteroatoms. The van der Waals surface area contributed by atoms with Gasteiger partial charge in [-0.3, -0.25) is 4.79 Å². The van der Waals surface area contributed by atoms with Gasteiger partial charge in [0.25, 0.3) is 0 Å². The van der Waals surface area contributed by atoms with Crippen molar-refractivity contribution in [2.45, 2.75) is 18.3 Å². The molecule has 0 aliphatic heterocycles. The summed E-state index contributed by atoms with van der Waals surface area (Å²) < 4.78 is 0. The van der Waals surface area contributed by atoms with Crippen molar-refractivity contribution in [2.75, 3.05) is 5.75 Å². The van der Waals surface area contributed by atoms with Crippen molar-refractivity contribution >= 4 is 40.9 Å². The second kappa shape index (κ2) is 9.18. The van der Waals surface area contributed by atoms with Gasteiger partial charge in [-0.2, -0.15) is 11.8 Å². The third-order valence-corrected chi connectivity index (χ3v) is 5.12. The number of carbonyl (C=O) groups excluding carboxylic acids is 1. The number of nitrogens with one attached hydrogen (secondary N) is 1. The molecule has 0 aliphatic rings. The van der Waals surface area contributed by atoms with Crippen molar-refractivity contribution in [1.29, 1.82) is 0 Å². The molecule has 2 aromatic rings. The highest BCUT2D eigenvalue weighted by Crippen LogP contribution is 2.22. The second-order valence-electron chi connectivity index (χ2n) is 5.09. The van der Waals surface area contributed by atoms with E-state index < -0.39 is 6.04 Å². The van der Waals surface area contributed by atoms with Gasteiger partial charge in [0.1, 0.15) is 0 Å². The predicted molar refractivity (Wildman–Crippen MR) is 98.9 cm³/mol. The molecule has 0 bridgehead atoms. The van der Waals surface area contributed by atoms with E-state index in [9.17, 15) is 4.79 Å². The zero-order chi connectivity index (χ0) is 16.7. The monoisotopic (exact) mass is 368 g/mol. The quantitative estimate of drug-likeness (QED) is 0.743. The van der Waals surface area contributed by atoms with Gasteiger partial charge >= 0.3 is 0 Å². The normalized spacial score (nSPS) is 12.1. The lowest BCUT2D eigenvalue weighted by Gasteiger charge is -2.15. The first-order valence-electron chi connectivity index (χ1n) is 7.14. The average molecular weight is 369 g/mol. The third-order valence-electron chi connectivity index (χ3n) is 3.28. The summed E-state index contributed by atoms with van der Waals surface area (Å²) in [5, 5.41) is 4.19. The van der Waals surface area contributed by atoms with Gasteiger partial charge in [-0.1, -0.05) is 59.6 Å². The molecular weight excluding hydrogens is 351 g/mol. The Morgan fingerprint density at radius 3 is 2.48 bits per heavy atom. The van der Waals surface area contributed by atoms with Crippen LogP contribution in [0.2, 0.25) is 10.0 Å². The second-order valence-corrected chi connectivity index (χ2v) is 6.93. The number of amides is 1. The minimum Gasteiger partial charge on any atom is -0.368 e. The van der Waals surface area contributed by atoms with E-state index in [1.165, 1.54) is 5.56 Å². The Morgan fingerprint density at radius 2 is 1.83 bits per heavy atom. The highest BCUT2D eigenvalue weighted by atomic mass is 35.5. The molecule has 1 unspecified atom stereocenters. The zero-order valence-electron chi connectivity index (χ0n) is 12.5. The van der Waals surface area contributed by atoms with Crippen molar-refractivity contribution in [1.82, 2.24) is 5.32 Å². The van der Waals surface area contributed by atoms with Crippen LogP contribution in [0.25, 0.3) is 0 Å². The summed E-state index contributed by atoms with van der Waals surface area (Å²) in [4.78, 5) is 11.6. The lowest BCUT2D eigenvalue weighted by Crippen LogP contribution is -2.42. The Bertz CT molecular complexity index is 652. The van der Waals surface area contributed by atoms with Crippen molar-refractivity contribution in [3.05, 3.63) is 69.7 Å². The van der Waals surface area contributed by atoms with Crippen LogP contribution in [0.5, 0.6) is 0 Å². The van der Waals surface area contributed by atoms with E-state index in [0.717, 1.165) is 11.3 Å². The maximum atomic E-state index is 11.6. The van der Waals surface area contributed by atoms with Crippen LogP contribution in [0.15, 0.2) is 48.5 Å². The van der Waals surface area contributed by atoms with Gasteiger partial charge in [0.05, 0.1) is 16.1 Å². The van der Waals surface area contributed by atoms with Crippen molar-refractivity contribution in [3.63, 3.8) is 0 Å². The molecule has 122 valence electrons. The molecule has 0 spiro atoms. The Kier molecular flexibility index (Phi) is 7.24. The number of hydrogen-bond acceptors (Lipinski definition) is 3. The minimum absolute atomic E-state index is 0.356. The summed E-state index contributed by atoms with van der Waals surface area (Å²) in [6, 6.07) is 15.1. The number of benzene rings is 2. The van der Waals surface area contributed by atoms with Crippen LogP contribution in [0.1, 0.15) is 11.1 Å². The maximum absolute atomic E-state index is 11.6. The van der Waals surface area contributed by atoms with E-state index >= 15 is 0 Å². The molecule has 0 radical (unpaired) electrons. The fraction of sp³-hybridized carbons (Fsp3) is 0.235. The lowest BCUT2D eigenvalue weighted by atomic mass is 10.2. The first-order valence-corrected chi connectivity index (χ1v) is 9.05. The molecule has 0 aliphatic carbocycles. The van der Waals surface area contributed by atoms with Gasteiger partial charge in [-0.05, 0) is 23.3 Å². The number of rotatable bonds is 8. The third kappa shape index (κ3) is 6.07. The Balaban J connectivity index is 1.83. The van der Waals surface area contributed by atoms with Crippen LogP contribution >= 0.6 is 35.0 Å². The van der Waals surface area contributed by atoms with Gasteiger partial charge in [0.15, 0.2) is 0 Å². The van der Waals surface area contributed by atoms with Gasteiger partial charge < -0.3 is 11.1 Å². The molecule has 0 heterocycles. The van der Waals surface area contributed by atoms with Crippen molar-refractivity contribution in [2.24, 2.45) is 5.73 Å². The molecule has 0 saturated carbocycles. The number of carbonyl (C=O) groups is 1. The largest absolute Gasteiger partial charge is 0.368 e. The summed E-state index contributed by atoms with van der Waals surface area (Å²) >= 11 is 13.6. The first-order chi connectivity index (χ1) is 11.1. The number of halogens is 2. The van der Waals surface area contributed by atoms with E-state index in [-0.39, 0.29) is 5.91 Å². The van der Waals surface area contributed by atoms with Crippen molar-refractivity contribution in [3.8, 4) is 0 Å². The zero-order valence-corrected chi connectivity index (χ0v) is 14.8. The molecular formula is C17H18Cl2N2OS. The highest BCUT2D eigenvalue weighted by Gasteiger charge is 2.14. The van der Waals surface area contributed by atoms with E-state index in [0.29, 0.717) is 22.3 Å². The van der Waals surface area contributed by atoms with Crippen LogP contribution in [-0.2, 0) is 17.1 Å². The molecule has 3 N–H and O–H groups in total. The summed E-state index contributed by atoms with van der Waals surface area (Å²) in [7, 11) is 0. The molecule has 0 saturated heterocycles. The molecule has 23 heavy (non-hydrogen) atoms. The standard InChI is InChI=1S/C17H18Cl2N2OS/c18-14-7-6-13(8-15(14)19)9-21-16(17(20)22)11-23-10-12-4-2-1-3-5-12/h1-8,16,21H,9-11H2,(H2,20,22). The molecule has 2 aromatic carbocycles. The molecule has 0 aromatic heterocycles. The Labute approximate surface area is 150 Å². The summed E-state index contributed by atoms with van der Waals surface area (Å²) in [5.41, 5.74) is 7.66. The molecule has 1 amide bonds. The van der Waals surface area contributed by atoms with E-state index in [1.807, 2.05) is 24.3 Å². The lowest BCUT2D eigenvalue weighted by molar-refractivity contribution is -0.119. The first kappa shape index (κ1) is 18.1. The molecule has 3 nitrogen and oxygen atoms in total. The molecule has 1 atom stereocenters. The fourth-order valence-corrected chi connectivity index (χ4v) is 3.39. The van der Waals surface area contributed by atoms with Crippen LogP contribution in [0.3, 0.4) is 0 Å². The SMILES string of the molecule is NC(=O)C(CSCc1ccccc1)NCc1ccc(Cl)c(Cl)c1. The number of thioether (sulfide) groups is 1. The fourth-order valence-electron chi connectivity index (χ4n) is 2.00. The predicted octanol–water partition coefficient (Wildman–Crippen LogP) is 3.87. The number of nitrogens with two attached hydrogens (primary N) is 1. The van der Waals surface area contributed by atoms with Crippen LogP contribution in [-0.4, -0.2) is 17.7 Å². The van der Waals surface area contributed by atoms with E-state index in [4.69, 9.17) is 28.9 Å². The maximum Gasteiger partial charge on any atom is 0.235 e. The van der Waals surface area contributed by atoms with E-state index in [2.05, 4.69) is 17.4 Å². The summed E-state index contributed by atoms with van der Waals surface area (Å²) in [6.45, 7) is 0.510. The van der Waals surface area contributed by atoms with Gasteiger partial charge in [0.2, 0.25) is 5.91 Å². The Morgan fingerprint density at radius 1 is 1.09 bits per heavy atom. The topological polar surface area (TPSA) is 55.1 Å². The minimum atomic E-state index is -0.391. The molecule has 2 rings (SSSR count). The average Bonchev–Trinajstić information content (AvgIpc) is 2.54. The van der Waals surface area contributed by atoms with Gasteiger partial charge in [-0.15, -0.1) is 0 Å². The summed E-state index contributed by atoms with van der Waals surface area (Å²) in [5.74, 6) is 1.11.